The van der Waals surface area contributed by atoms with Gasteiger partial charge in [-0.15, -0.1) is 0 Å². The maximum atomic E-state index is 13.3. The molecule has 1 heterocycles. The van der Waals surface area contributed by atoms with Crippen LogP contribution in [-0.4, -0.2) is 38.4 Å². The summed E-state index contributed by atoms with van der Waals surface area (Å²) in [6.07, 6.45) is 4.16. The Morgan fingerprint density at radius 2 is 1.66 bits per heavy atom. The lowest BCUT2D eigenvalue weighted by molar-refractivity contribution is -0.0515. The van der Waals surface area contributed by atoms with Gasteiger partial charge >= 0.3 is 12.6 Å². The van der Waals surface area contributed by atoms with Crippen molar-refractivity contribution in [2.75, 3.05) is 20.8 Å². The molecule has 4 rings (SSSR count). The highest BCUT2D eigenvalue weighted by Crippen LogP contribution is 2.37. The molecule has 1 fully saturated rings. The summed E-state index contributed by atoms with van der Waals surface area (Å²) in [5.41, 5.74) is 1.21. The van der Waals surface area contributed by atoms with Crippen molar-refractivity contribution in [2.24, 2.45) is 5.92 Å². The first-order valence-corrected chi connectivity index (χ1v) is 12.5. The van der Waals surface area contributed by atoms with E-state index in [1.54, 1.807) is 18.2 Å². The number of pyridine rings is 1. The first kappa shape index (κ1) is 27.7. The molecular formula is C27H25Cl2F2NO6. The maximum Gasteiger partial charge on any atom is 0.387 e. The molecule has 11 heteroatoms. The number of carbonyl (C=O) groups excluding carboxylic acids is 1. The normalized spacial score (nSPS) is 13.7. The minimum Gasteiger partial charge on any atom is -0.493 e. The number of aromatic nitrogens is 1. The number of ether oxygens (including phenoxy) is 5. The van der Waals surface area contributed by atoms with E-state index in [1.165, 1.54) is 44.8 Å². The molecule has 202 valence electrons. The van der Waals surface area contributed by atoms with Crippen LogP contribution >= 0.6 is 23.2 Å². The van der Waals surface area contributed by atoms with E-state index in [1.807, 2.05) is 0 Å². The highest BCUT2D eigenvalue weighted by atomic mass is 35.5. The van der Waals surface area contributed by atoms with Crippen LogP contribution in [0.25, 0.3) is 0 Å². The molecule has 1 atom stereocenters. The van der Waals surface area contributed by atoms with Crippen molar-refractivity contribution in [1.82, 2.24) is 4.98 Å². The third-order valence-electron chi connectivity index (χ3n) is 5.94. The first-order chi connectivity index (χ1) is 18.3. The Bertz CT molecular complexity index is 1270. The molecule has 1 saturated carbocycles. The van der Waals surface area contributed by atoms with Gasteiger partial charge in [-0.05, 0) is 60.2 Å². The largest absolute Gasteiger partial charge is 0.493 e. The third kappa shape index (κ3) is 6.96. The lowest BCUT2D eigenvalue weighted by Gasteiger charge is -2.21. The van der Waals surface area contributed by atoms with E-state index in [-0.39, 0.29) is 23.5 Å². The fraction of sp³-hybridized carbons (Fsp3) is 0.333. The van der Waals surface area contributed by atoms with Gasteiger partial charge in [0.1, 0.15) is 6.10 Å². The Morgan fingerprint density at radius 3 is 2.29 bits per heavy atom. The van der Waals surface area contributed by atoms with Gasteiger partial charge in [0.2, 0.25) is 0 Å². The fourth-order valence-electron chi connectivity index (χ4n) is 3.73. The van der Waals surface area contributed by atoms with Crippen LogP contribution in [0.2, 0.25) is 10.0 Å². The lowest BCUT2D eigenvalue weighted by Crippen LogP contribution is -2.15. The van der Waals surface area contributed by atoms with Gasteiger partial charge in [0, 0.05) is 18.8 Å². The molecule has 2 aromatic carbocycles. The van der Waals surface area contributed by atoms with E-state index in [9.17, 15) is 13.6 Å². The average Bonchev–Trinajstić information content (AvgIpc) is 3.73. The number of hydrogen-bond donors (Lipinski definition) is 0. The molecule has 0 amide bonds. The van der Waals surface area contributed by atoms with Gasteiger partial charge in [0.15, 0.2) is 23.0 Å². The summed E-state index contributed by atoms with van der Waals surface area (Å²) in [5, 5.41) is 0.617. The van der Waals surface area contributed by atoms with Crippen LogP contribution in [0.3, 0.4) is 0 Å². The number of rotatable bonds is 12. The highest BCUT2D eigenvalue weighted by Gasteiger charge is 2.26. The molecule has 0 bridgehead atoms. The van der Waals surface area contributed by atoms with E-state index in [0.717, 1.165) is 12.8 Å². The van der Waals surface area contributed by atoms with Crippen molar-refractivity contribution in [3.8, 4) is 23.0 Å². The van der Waals surface area contributed by atoms with Crippen LogP contribution in [0.4, 0.5) is 8.78 Å². The molecule has 0 N–H and O–H groups in total. The monoisotopic (exact) mass is 567 g/mol. The second-order valence-corrected chi connectivity index (χ2v) is 9.40. The van der Waals surface area contributed by atoms with Crippen molar-refractivity contribution in [3.05, 3.63) is 75.5 Å². The second kappa shape index (κ2) is 12.5. The van der Waals surface area contributed by atoms with E-state index < -0.39 is 18.7 Å². The lowest BCUT2D eigenvalue weighted by atomic mass is 10.0. The standard InChI is InChI=1S/C27H25Cl2F2NO6/c1-34-21-7-5-16(9-24(21)35-2)23(11-18-19(28)12-32-13-20(18)29)37-26(33)17-6-8-22(38-27(30)31)25(10-17)36-14-15-3-4-15/h5-10,12-13,15,23,27H,3-4,11,14H2,1-2H3. The van der Waals surface area contributed by atoms with Crippen LogP contribution in [0.15, 0.2) is 48.8 Å². The molecular weight excluding hydrogens is 543 g/mol. The molecule has 0 aliphatic heterocycles. The van der Waals surface area contributed by atoms with Crippen LogP contribution < -0.4 is 18.9 Å². The van der Waals surface area contributed by atoms with Crippen molar-refractivity contribution in [1.29, 1.82) is 0 Å². The fourth-order valence-corrected chi connectivity index (χ4v) is 4.25. The summed E-state index contributed by atoms with van der Waals surface area (Å²) >= 11 is 12.7. The Morgan fingerprint density at radius 1 is 0.974 bits per heavy atom. The summed E-state index contributed by atoms with van der Waals surface area (Å²) in [6.45, 7) is -2.70. The summed E-state index contributed by atoms with van der Waals surface area (Å²) in [7, 11) is 3.00. The Labute approximate surface area is 228 Å². The van der Waals surface area contributed by atoms with E-state index >= 15 is 0 Å². The molecule has 1 aliphatic carbocycles. The van der Waals surface area contributed by atoms with Crippen LogP contribution in [0.1, 0.15) is 40.4 Å². The maximum absolute atomic E-state index is 13.3. The van der Waals surface area contributed by atoms with Gasteiger partial charge < -0.3 is 23.7 Å². The molecule has 0 saturated heterocycles. The van der Waals surface area contributed by atoms with Crippen molar-refractivity contribution in [2.45, 2.75) is 32.0 Å². The zero-order chi connectivity index (χ0) is 27.2. The quantitative estimate of drug-likeness (QED) is 0.219. The summed E-state index contributed by atoms with van der Waals surface area (Å²) in [5.74, 6) is 0.439. The highest BCUT2D eigenvalue weighted by molar-refractivity contribution is 6.35. The number of methoxy groups -OCH3 is 2. The van der Waals surface area contributed by atoms with E-state index in [2.05, 4.69) is 9.72 Å². The van der Waals surface area contributed by atoms with Crippen molar-refractivity contribution in [3.63, 3.8) is 0 Å². The number of benzene rings is 2. The summed E-state index contributed by atoms with van der Waals surface area (Å²) < 4.78 is 52.7. The van der Waals surface area contributed by atoms with Crippen molar-refractivity contribution >= 4 is 29.2 Å². The summed E-state index contributed by atoms with van der Waals surface area (Å²) in [4.78, 5) is 17.3. The van der Waals surface area contributed by atoms with Gasteiger partial charge in [0.05, 0.1) is 36.4 Å². The Balaban J connectivity index is 1.65. The molecule has 38 heavy (non-hydrogen) atoms. The molecule has 0 radical (unpaired) electrons. The summed E-state index contributed by atoms with van der Waals surface area (Å²) in [6, 6.07) is 9.02. The minimum atomic E-state index is -3.04. The second-order valence-electron chi connectivity index (χ2n) is 8.59. The predicted octanol–water partition coefficient (Wildman–Crippen LogP) is 6.94. The average molecular weight is 568 g/mol. The SMILES string of the molecule is COc1ccc(C(Cc2c(Cl)cncc2Cl)OC(=O)c2ccc(OC(F)F)c(OCC3CC3)c2)cc1OC. The third-order valence-corrected chi connectivity index (χ3v) is 6.59. The molecule has 1 aromatic heterocycles. The Hall–Kier alpha value is -3.30. The van der Waals surface area contributed by atoms with Gasteiger partial charge in [-0.1, -0.05) is 29.3 Å². The number of alkyl halides is 2. The van der Waals surface area contributed by atoms with Gasteiger partial charge in [-0.3, -0.25) is 4.98 Å². The van der Waals surface area contributed by atoms with Gasteiger partial charge in [0.25, 0.3) is 0 Å². The molecule has 1 aliphatic rings. The first-order valence-electron chi connectivity index (χ1n) is 11.7. The van der Waals surface area contributed by atoms with Crippen molar-refractivity contribution < 1.29 is 37.3 Å². The number of nitrogens with zero attached hydrogens (tertiary/aromatic N) is 1. The van der Waals surface area contributed by atoms with Crippen LogP contribution in [0, 0.1) is 5.92 Å². The predicted molar refractivity (Wildman–Crippen MR) is 137 cm³/mol. The molecule has 3 aromatic rings. The van der Waals surface area contributed by atoms with Crippen LogP contribution in [-0.2, 0) is 11.2 Å². The zero-order valence-electron chi connectivity index (χ0n) is 20.6. The molecule has 7 nitrogen and oxygen atoms in total. The molecule has 0 spiro atoms. The Kier molecular flexibility index (Phi) is 9.12. The van der Waals surface area contributed by atoms with Crippen LogP contribution in [0.5, 0.6) is 23.0 Å². The number of esters is 1. The topological polar surface area (TPSA) is 76.1 Å². The van der Waals surface area contributed by atoms with Gasteiger partial charge in [-0.25, -0.2) is 4.79 Å². The smallest absolute Gasteiger partial charge is 0.387 e. The minimum absolute atomic E-state index is 0.0366. The van der Waals surface area contributed by atoms with E-state index in [0.29, 0.717) is 45.2 Å². The molecule has 1 unspecified atom stereocenters. The number of hydrogen-bond acceptors (Lipinski definition) is 7. The van der Waals surface area contributed by atoms with Gasteiger partial charge in [-0.2, -0.15) is 8.78 Å². The number of carbonyl (C=O) groups is 1. The van der Waals surface area contributed by atoms with E-state index in [4.69, 9.17) is 42.1 Å². The number of halogens is 4. The zero-order valence-corrected chi connectivity index (χ0v) is 22.1.